The van der Waals surface area contributed by atoms with Crippen LogP contribution in [0.25, 0.3) is 0 Å². The number of benzene rings is 1. The predicted octanol–water partition coefficient (Wildman–Crippen LogP) is -1.78. The molecule has 0 aromatic heterocycles. The molecule has 1 aromatic carbocycles. The number of hydrogen-bond acceptors (Lipinski definition) is 7. The van der Waals surface area contributed by atoms with E-state index in [1.165, 1.54) is 4.90 Å². The highest BCUT2D eigenvalue weighted by atomic mass is 16.4. The molecule has 0 aliphatic carbocycles. The van der Waals surface area contributed by atoms with Crippen molar-refractivity contribution in [2.24, 2.45) is 0 Å². The predicted molar refractivity (Wildman–Crippen MR) is 123 cm³/mol. The van der Waals surface area contributed by atoms with Gasteiger partial charge < -0.3 is 36.4 Å². The van der Waals surface area contributed by atoms with Crippen molar-refractivity contribution in [2.75, 3.05) is 26.7 Å². The molecule has 3 amide bonds. The molecule has 11 heteroatoms. The zero-order chi connectivity index (χ0) is 24.7. The van der Waals surface area contributed by atoms with E-state index in [4.69, 9.17) is 0 Å². The standard InChI is InChI=1S/C23H33N5O6/c1-24-12-20(30)26-15-9-17(25-11-15)22(32)28-13-16(10-18(28)23(33)34)27-21(31)19(29)8-7-14-5-3-2-4-6-14/h2-6,15-19,24-25,29H,7-13H2,1H3,(H,26,30)(H,27,31)(H,33,34)/t15-,16-,17+,18+,19-/m1/s1. The Morgan fingerprint density at radius 1 is 1.12 bits per heavy atom. The van der Waals surface area contributed by atoms with E-state index in [1.807, 2.05) is 30.3 Å². The lowest BCUT2D eigenvalue weighted by Gasteiger charge is -2.25. The number of rotatable bonds is 10. The van der Waals surface area contributed by atoms with Gasteiger partial charge in [-0.2, -0.15) is 0 Å². The molecule has 2 aliphatic heterocycles. The van der Waals surface area contributed by atoms with Gasteiger partial charge in [0, 0.05) is 31.6 Å². The highest BCUT2D eigenvalue weighted by Crippen LogP contribution is 2.22. The molecule has 34 heavy (non-hydrogen) atoms. The fourth-order valence-electron chi connectivity index (χ4n) is 4.47. The van der Waals surface area contributed by atoms with Gasteiger partial charge in [-0.15, -0.1) is 0 Å². The van der Waals surface area contributed by atoms with Crippen LogP contribution >= 0.6 is 0 Å². The van der Waals surface area contributed by atoms with E-state index in [0.717, 1.165) is 5.56 Å². The molecule has 0 spiro atoms. The lowest BCUT2D eigenvalue weighted by molar-refractivity contribution is -0.148. The number of likely N-dealkylation sites (tertiary alicyclic amines) is 1. The molecular formula is C23H33N5O6. The number of carbonyl (C=O) groups is 4. The average molecular weight is 476 g/mol. The van der Waals surface area contributed by atoms with Crippen molar-refractivity contribution in [1.29, 1.82) is 0 Å². The van der Waals surface area contributed by atoms with Crippen LogP contribution in [0.4, 0.5) is 0 Å². The molecule has 6 N–H and O–H groups in total. The van der Waals surface area contributed by atoms with Crippen LogP contribution in [0.5, 0.6) is 0 Å². The normalized spacial score (nSPS) is 25.1. The van der Waals surface area contributed by atoms with Gasteiger partial charge in [0.15, 0.2) is 0 Å². The number of aliphatic carboxylic acids is 1. The first kappa shape index (κ1) is 25.6. The minimum absolute atomic E-state index is 0.0436. The van der Waals surface area contributed by atoms with Crippen molar-refractivity contribution in [3.05, 3.63) is 35.9 Å². The fourth-order valence-corrected chi connectivity index (χ4v) is 4.47. The molecule has 2 heterocycles. The van der Waals surface area contributed by atoms with E-state index in [0.29, 0.717) is 19.4 Å². The van der Waals surface area contributed by atoms with Gasteiger partial charge in [-0.05, 0) is 31.9 Å². The van der Waals surface area contributed by atoms with E-state index >= 15 is 0 Å². The number of aliphatic hydroxyl groups excluding tert-OH is 1. The number of carboxylic acids is 1. The lowest BCUT2D eigenvalue weighted by atomic mass is 10.1. The van der Waals surface area contributed by atoms with Gasteiger partial charge in [0.05, 0.1) is 12.6 Å². The first-order valence-electron chi connectivity index (χ1n) is 11.5. The van der Waals surface area contributed by atoms with Crippen molar-refractivity contribution in [2.45, 2.75) is 56.0 Å². The number of hydrogen-bond donors (Lipinski definition) is 6. The molecule has 0 bridgehead atoms. The van der Waals surface area contributed by atoms with E-state index in [9.17, 15) is 29.4 Å². The summed E-state index contributed by atoms with van der Waals surface area (Å²) in [5.74, 6) is -2.28. The van der Waals surface area contributed by atoms with Crippen LogP contribution < -0.4 is 21.3 Å². The Kier molecular flexibility index (Phi) is 8.97. The van der Waals surface area contributed by atoms with Crippen molar-refractivity contribution >= 4 is 23.7 Å². The third kappa shape index (κ3) is 6.75. The molecular weight excluding hydrogens is 442 g/mol. The summed E-state index contributed by atoms with van der Waals surface area (Å²) in [5.41, 5.74) is 1.00. The highest BCUT2D eigenvalue weighted by molar-refractivity contribution is 5.89. The second-order valence-corrected chi connectivity index (χ2v) is 8.82. The summed E-state index contributed by atoms with van der Waals surface area (Å²) in [4.78, 5) is 50.3. The molecule has 0 saturated carbocycles. The average Bonchev–Trinajstić information content (AvgIpc) is 3.45. The summed E-state index contributed by atoms with van der Waals surface area (Å²) in [7, 11) is 1.66. The maximum Gasteiger partial charge on any atom is 0.326 e. The molecule has 11 nitrogen and oxygen atoms in total. The third-order valence-corrected chi connectivity index (χ3v) is 6.20. The zero-order valence-electron chi connectivity index (χ0n) is 19.2. The Morgan fingerprint density at radius 2 is 1.85 bits per heavy atom. The minimum atomic E-state index is -1.23. The van der Waals surface area contributed by atoms with Crippen molar-refractivity contribution < 1.29 is 29.4 Å². The molecule has 0 radical (unpaired) electrons. The van der Waals surface area contributed by atoms with Crippen molar-refractivity contribution in [3.63, 3.8) is 0 Å². The van der Waals surface area contributed by atoms with Gasteiger partial charge in [0.1, 0.15) is 12.1 Å². The van der Waals surface area contributed by atoms with E-state index in [-0.39, 0.29) is 43.8 Å². The maximum atomic E-state index is 13.1. The Morgan fingerprint density at radius 3 is 2.53 bits per heavy atom. The summed E-state index contributed by atoms with van der Waals surface area (Å²) in [6, 6.07) is 7.00. The van der Waals surface area contributed by atoms with E-state index in [1.54, 1.807) is 7.05 Å². The van der Waals surface area contributed by atoms with Gasteiger partial charge in [-0.1, -0.05) is 30.3 Å². The Hall–Kier alpha value is -3.02. The van der Waals surface area contributed by atoms with Gasteiger partial charge in [-0.25, -0.2) is 4.79 Å². The number of amides is 3. The minimum Gasteiger partial charge on any atom is -0.480 e. The van der Waals surface area contributed by atoms with Crippen LogP contribution in [0.2, 0.25) is 0 Å². The molecule has 2 saturated heterocycles. The summed E-state index contributed by atoms with van der Waals surface area (Å²) in [6.45, 7) is 0.619. The Balaban J connectivity index is 1.52. The Labute approximate surface area is 198 Å². The first-order valence-corrected chi connectivity index (χ1v) is 11.5. The van der Waals surface area contributed by atoms with E-state index in [2.05, 4.69) is 21.3 Å². The van der Waals surface area contributed by atoms with Crippen LogP contribution in [-0.4, -0.2) is 95.8 Å². The third-order valence-electron chi connectivity index (χ3n) is 6.20. The molecule has 2 fully saturated rings. The van der Waals surface area contributed by atoms with Crippen LogP contribution in [0.1, 0.15) is 24.8 Å². The number of nitrogens with zero attached hydrogens (tertiary/aromatic N) is 1. The molecule has 0 unspecified atom stereocenters. The number of likely N-dealkylation sites (N-methyl/N-ethyl adjacent to an activating group) is 1. The lowest BCUT2D eigenvalue weighted by Crippen LogP contribution is -2.49. The van der Waals surface area contributed by atoms with Gasteiger partial charge in [0.25, 0.3) is 0 Å². The quantitative estimate of drug-likeness (QED) is 0.232. The van der Waals surface area contributed by atoms with Crippen LogP contribution in [0.3, 0.4) is 0 Å². The topological polar surface area (TPSA) is 160 Å². The number of aryl methyl sites for hydroxylation is 1. The molecule has 1 aromatic rings. The highest BCUT2D eigenvalue weighted by Gasteiger charge is 2.44. The van der Waals surface area contributed by atoms with Crippen LogP contribution in [0, 0.1) is 0 Å². The fraction of sp³-hybridized carbons (Fsp3) is 0.565. The van der Waals surface area contributed by atoms with Crippen LogP contribution in [-0.2, 0) is 25.6 Å². The maximum absolute atomic E-state index is 13.1. The first-order chi connectivity index (χ1) is 16.3. The number of carboxylic acid groups (broad SMARTS) is 1. The summed E-state index contributed by atoms with van der Waals surface area (Å²) in [6.07, 6.45) is -0.0477. The number of nitrogens with one attached hydrogen (secondary N) is 4. The van der Waals surface area contributed by atoms with Gasteiger partial charge >= 0.3 is 5.97 Å². The van der Waals surface area contributed by atoms with E-state index < -0.39 is 36.1 Å². The summed E-state index contributed by atoms with van der Waals surface area (Å²) in [5, 5.41) is 31.2. The molecule has 2 aliphatic rings. The second-order valence-electron chi connectivity index (χ2n) is 8.82. The van der Waals surface area contributed by atoms with Crippen molar-refractivity contribution in [3.8, 4) is 0 Å². The van der Waals surface area contributed by atoms with Gasteiger partial charge in [0.2, 0.25) is 17.7 Å². The molecule has 186 valence electrons. The second kappa shape index (κ2) is 11.9. The largest absolute Gasteiger partial charge is 0.480 e. The SMILES string of the molecule is CNCC(=O)N[C@H]1CN[C@H](C(=O)N2C[C@H](NC(=O)[C@H](O)CCc3ccccc3)C[C@H]2C(=O)O)C1. The van der Waals surface area contributed by atoms with Gasteiger partial charge in [-0.3, -0.25) is 14.4 Å². The number of aliphatic hydroxyl groups is 1. The molecule has 5 atom stereocenters. The zero-order valence-corrected chi connectivity index (χ0v) is 19.2. The number of carbonyl (C=O) groups excluding carboxylic acids is 3. The smallest absolute Gasteiger partial charge is 0.326 e. The van der Waals surface area contributed by atoms with Crippen LogP contribution in [0.15, 0.2) is 30.3 Å². The monoisotopic (exact) mass is 475 g/mol. The Bertz CT molecular complexity index is 882. The summed E-state index contributed by atoms with van der Waals surface area (Å²) >= 11 is 0. The van der Waals surface area contributed by atoms with Crippen molar-refractivity contribution in [1.82, 2.24) is 26.2 Å². The summed E-state index contributed by atoms with van der Waals surface area (Å²) < 4.78 is 0. The molecule has 3 rings (SSSR count).